The molecule has 158 valence electrons. The molecule has 0 saturated carbocycles. The molecule has 28 heavy (non-hydrogen) atoms. The van der Waals surface area contributed by atoms with Crippen molar-refractivity contribution >= 4 is 51.8 Å². The molecule has 1 aliphatic rings. The summed E-state index contributed by atoms with van der Waals surface area (Å²) in [5, 5.41) is 6.33. The molecule has 1 heterocycles. The number of hydrogen-bond donors (Lipinski definition) is 2. The van der Waals surface area contributed by atoms with Crippen molar-refractivity contribution in [1.82, 2.24) is 15.5 Å². The van der Waals surface area contributed by atoms with Crippen LogP contribution in [0.15, 0.2) is 27.7 Å². The van der Waals surface area contributed by atoms with Gasteiger partial charge in [0.25, 0.3) is 0 Å². The molecule has 0 atom stereocenters. The lowest BCUT2D eigenvalue weighted by Gasteiger charge is -2.16. The van der Waals surface area contributed by atoms with E-state index in [1.54, 1.807) is 12.1 Å². The summed E-state index contributed by atoms with van der Waals surface area (Å²) >= 11 is 3.33. The van der Waals surface area contributed by atoms with Crippen molar-refractivity contribution in [3.05, 3.63) is 28.2 Å². The number of carbonyl (C=O) groups excluding carboxylic acids is 1. The third-order valence-electron chi connectivity index (χ3n) is 4.06. The summed E-state index contributed by atoms with van der Waals surface area (Å²) in [6, 6.07) is 4.85. The molecule has 1 fully saturated rings. The largest absolute Gasteiger partial charge is 0.434 e. The maximum Gasteiger partial charge on any atom is 0.387 e. The maximum atomic E-state index is 12.6. The Morgan fingerprint density at radius 1 is 1.39 bits per heavy atom. The molecule has 1 aliphatic heterocycles. The fourth-order valence-electron chi connectivity index (χ4n) is 2.81. The number of aliphatic imine (C=N–C) groups is 1. The van der Waals surface area contributed by atoms with E-state index in [0.717, 1.165) is 30.4 Å². The molecule has 2 rings (SSSR count). The molecule has 10 heteroatoms. The van der Waals surface area contributed by atoms with Gasteiger partial charge < -0.3 is 20.3 Å². The van der Waals surface area contributed by atoms with Gasteiger partial charge in [-0.1, -0.05) is 15.9 Å². The number of guanidine groups is 1. The number of nitrogens with one attached hydrogen (secondary N) is 2. The van der Waals surface area contributed by atoms with Crippen molar-refractivity contribution in [3.8, 4) is 5.75 Å². The van der Waals surface area contributed by atoms with E-state index in [1.165, 1.54) is 6.07 Å². The highest BCUT2D eigenvalue weighted by Gasteiger charge is 2.19. The number of benzene rings is 1. The average molecular weight is 575 g/mol. The Balaban J connectivity index is 0.00000392. The van der Waals surface area contributed by atoms with Crippen molar-refractivity contribution in [1.29, 1.82) is 0 Å². The molecule has 1 amide bonds. The van der Waals surface area contributed by atoms with Gasteiger partial charge in [0.2, 0.25) is 5.91 Å². The van der Waals surface area contributed by atoms with Crippen LogP contribution in [0.5, 0.6) is 5.75 Å². The normalized spacial score (nSPS) is 14.2. The van der Waals surface area contributed by atoms with Crippen LogP contribution >= 0.6 is 39.9 Å². The van der Waals surface area contributed by atoms with Crippen LogP contribution in [-0.4, -0.2) is 49.6 Å². The molecule has 1 aromatic carbocycles. The number of ether oxygens (including phenoxy) is 1. The predicted molar refractivity (Wildman–Crippen MR) is 119 cm³/mol. The Morgan fingerprint density at radius 3 is 2.82 bits per heavy atom. The number of halogens is 4. The van der Waals surface area contributed by atoms with E-state index in [0.29, 0.717) is 31.0 Å². The number of rotatable bonds is 9. The highest BCUT2D eigenvalue weighted by Crippen LogP contribution is 2.25. The van der Waals surface area contributed by atoms with Crippen LogP contribution in [0.25, 0.3) is 0 Å². The first-order chi connectivity index (χ1) is 13.0. The van der Waals surface area contributed by atoms with Crippen LogP contribution in [0.1, 0.15) is 31.7 Å². The molecule has 0 radical (unpaired) electrons. The Bertz CT molecular complexity index is 664. The monoisotopic (exact) mass is 574 g/mol. The predicted octanol–water partition coefficient (Wildman–Crippen LogP) is 3.74. The molecule has 1 aromatic rings. The van der Waals surface area contributed by atoms with Crippen LogP contribution in [0.3, 0.4) is 0 Å². The van der Waals surface area contributed by atoms with E-state index < -0.39 is 6.61 Å². The number of likely N-dealkylation sites (tertiary alicyclic amines) is 1. The van der Waals surface area contributed by atoms with Crippen molar-refractivity contribution in [2.75, 3.05) is 26.2 Å². The maximum absolute atomic E-state index is 12.6. The van der Waals surface area contributed by atoms with Crippen LogP contribution in [0.2, 0.25) is 0 Å². The zero-order chi connectivity index (χ0) is 19.6. The van der Waals surface area contributed by atoms with E-state index in [2.05, 4.69) is 36.3 Å². The van der Waals surface area contributed by atoms with Crippen molar-refractivity contribution in [2.45, 2.75) is 39.3 Å². The lowest BCUT2D eigenvalue weighted by atomic mass is 10.2. The van der Waals surface area contributed by atoms with Gasteiger partial charge in [-0.2, -0.15) is 8.78 Å². The van der Waals surface area contributed by atoms with Crippen molar-refractivity contribution in [2.24, 2.45) is 4.99 Å². The fraction of sp³-hybridized carbons (Fsp3) is 0.556. The number of carbonyl (C=O) groups is 1. The number of amides is 1. The minimum atomic E-state index is -2.88. The van der Waals surface area contributed by atoms with Crippen LogP contribution in [-0.2, 0) is 11.3 Å². The molecular formula is C18H26BrF2IN4O2. The second-order valence-electron chi connectivity index (χ2n) is 6.09. The van der Waals surface area contributed by atoms with Crippen LogP contribution in [0.4, 0.5) is 8.78 Å². The van der Waals surface area contributed by atoms with Gasteiger partial charge in [-0.3, -0.25) is 4.79 Å². The molecule has 2 N–H and O–H groups in total. The zero-order valence-corrected chi connectivity index (χ0v) is 19.6. The topological polar surface area (TPSA) is 66.0 Å². The van der Waals surface area contributed by atoms with E-state index in [-0.39, 0.29) is 42.2 Å². The molecular weight excluding hydrogens is 549 g/mol. The minimum absolute atomic E-state index is 0. The number of nitrogens with zero attached hydrogens (tertiary/aromatic N) is 2. The van der Waals surface area contributed by atoms with E-state index in [4.69, 9.17) is 0 Å². The first kappa shape index (κ1) is 24.9. The highest BCUT2D eigenvalue weighted by atomic mass is 127. The lowest BCUT2D eigenvalue weighted by Crippen LogP contribution is -2.39. The molecule has 0 aliphatic carbocycles. The highest BCUT2D eigenvalue weighted by molar-refractivity contribution is 14.0. The van der Waals surface area contributed by atoms with Gasteiger partial charge in [-0.15, -0.1) is 24.0 Å². The van der Waals surface area contributed by atoms with Crippen LogP contribution in [0, 0.1) is 0 Å². The van der Waals surface area contributed by atoms with Crippen LogP contribution < -0.4 is 15.4 Å². The van der Waals surface area contributed by atoms with E-state index in [9.17, 15) is 13.6 Å². The quantitative estimate of drug-likeness (QED) is 0.204. The van der Waals surface area contributed by atoms with E-state index >= 15 is 0 Å². The van der Waals surface area contributed by atoms with Gasteiger partial charge in [0.1, 0.15) is 5.75 Å². The minimum Gasteiger partial charge on any atom is -0.434 e. The Hall–Kier alpha value is -1.17. The smallest absolute Gasteiger partial charge is 0.387 e. The Labute approximate surface area is 189 Å². The lowest BCUT2D eigenvalue weighted by molar-refractivity contribution is -0.127. The Kier molecular flexibility index (Phi) is 11.7. The molecule has 0 aromatic heterocycles. The first-order valence-electron chi connectivity index (χ1n) is 9.02. The van der Waals surface area contributed by atoms with Crippen molar-refractivity contribution < 1.29 is 18.3 Å². The summed E-state index contributed by atoms with van der Waals surface area (Å²) < 4.78 is 30.4. The van der Waals surface area contributed by atoms with Gasteiger partial charge in [0.05, 0.1) is 6.54 Å². The third-order valence-corrected chi connectivity index (χ3v) is 4.55. The second-order valence-corrected chi connectivity index (χ2v) is 7.01. The second kappa shape index (κ2) is 13.1. The molecule has 1 saturated heterocycles. The van der Waals surface area contributed by atoms with E-state index in [1.807, 2.05) is 11.8 Å². The molecule has 6 nitrogen and oxygen atoms in total. The zero-order valence-electron chi connectivity index (χ0n) is 15.7. The number of hydrogen-bond acceptors (Lipinski definition) is 3. The first-order valence-corrected chi connectivity index (χ1v) is 9.82. The molecule has 0 unspecified atom stereocenters. The Morgan fingerprint density at radius 2 is 2.18 bits per heavy atom. The standard InChI is InChI=1S/C18H25BrF2N4O2.HI/c1-2-22-18(23-8-4-10-25-9-3-5-16(25)26)24-12-13-11-14(19)6-7-15(13)27-17(20)21;/h6-7,11,17H,2-5,8-10,12H2,1H3,(H2,22,23,24);1H. The molecule has 0 bridgehead atoms. The summed E-state index contributed by atoms with van der Waals surface area (Å²) in [7, 11) is 0. The van der Waals surface area contributed by atoms with Gasteiger partial charge in [-0.25, -0.2) is 4.99 Å². The van der Waals surface area contributed by atoms with Gasteiger partial charge >= 0.3 is 6.61 Å². The summed E-state index contributed by atoms with van der Waals surface area (Å²) in [6.45, 7) is 2.16. The van der Waals surface area contributed by atoms with Crippen molar-refractivity contribution in [3.63, 3.8) is 0 Å². The average Bonchev–Trinajstić information content (AvgIpc) is 3.03. The van der Waals surface area contributed by atoms with Gasteiger partial charge in [-0.05, 0) is 38.0 Å². The third kappa shape index (κ3) is 8.46. The fourth-order valence-corrected chi connectivity index (χ4v) is 3.21. The summed E-state index contributed by atoms with van der Waals surface area (Å²) in [5.41, 5.74) is 0.560. The summed E-state index contributed by atoms with van der Waals surface area (Å²) in [4.78, 5) is 17.9. The summed E-state index contributed by atoms with van der Waals surface area (Å²) in [5.74, 6) is 0.922. The van der Waals surface area contributed by atoms with Gasteiger partial charge in [0, 0.05) is 42.6 Å². The summed E-state index contributed by atoms with van der Waals surface area (Å²) in [6.07, 6.45) is 2.39. The number of alkyl halides is 2. The molecule has 0 spiro atoms. The SMILES string of the molecule is CCNC(=NCc1cc(Br)ccc1OC(F)F)NCCCN1CCCC1=O.I. The van der Waals surface area contributed by atoms with Gasteiger partial charge in [0.15, 0.2) is 5.96 Å².